The van der Waals surface area contributed by atoms with Crippen LogP contribution in [-0.4, -0.2) is 69.9 Å². The van der Waals surface area contributed by atoms with Gasteiger partial charge in [0.2, 0.25) is 0 Å². The summed E-state index contributed by atoms with van der Waals surface area (Å²) >= 11 is 0. The second-order valence-corrected chi connectivity index (χ2v) is 8.60. The number of aliphatic hydroxyl groups is 1. The molecule has 0 radical (unpaired) electrons. The van der Waals surface area contributed by atoms with Crippen molar-refractivity contribution < 1.29 is 89.3 Å². The first-order valence-electron chi connectivity index (χ1n) is 8.76. The number of alkyl halides is 17. The molecule has 0 amide bonds. The Labute approximate surface area is 189 Å². The molecule has 0 aliphatic carbocycles. The molecule has 3 nitrogen and oxygen atoms in total. The van der Waals surface area contributed by atoms with Crippen LogP contribution in [0.25, 0.3) is 0 Å². The molecule has 0 aromatic heterocycles. The zero-order valence-corrected chi connectivity index (χ0v) is 17.9. The van der Waals surface area contributed by atoms with Gasteiger partial charge in [0, 0.05) is 0 Å². The molecule has 1 atom stereocenters. The summed E-state index contributed by atoms with van der Waals surface area (Å²) in [5.41, 5.74) is -5.67. The fraction of sp³-hybridized carbons (Fsp3) is 0.938. The lowest BCUT2D eigenvalue weighted by molar-refractivity contribution is -0.462. The van der Waals surface area contributed by atoms with Crippen LogP contribution in [0.2, 0.25) is 0 Å². The Bertz CT molecular complexity index is 821. The predicted molar refractivity (Wildman–Crippen MR) is 81.8 cm³/mol. The van der Waals surface area contributed by atoms with Crippen LogP contribution in [0.15, 0.2) is 0 Å². The van der Waals surface area contributed by atoms with Gasteiger partial charge in [-0.15, -0.1) is 0 Å². The van der Waals surface area contributed by atoms with Gasteiger partial charge in [-0.2, -0.15) is 74.6 Å². The normalized spacial score (nSPS) is 17.6. The van der Waals surface area contributed by atoms with Crippen molar-refractivity contribution in [1.29, 1.82) is 0 Å². The van der Waals surface area contributed by atoms with Crippen LogP contribution in [0.1, 0.15) is 34.1 Å². The summed E-state index contributed by atoms with van der Waals surface area (Å²) in [7, 11) is 0. The van der Waals surface area contributed by atoms with E-state index in [0.29, 0.717) is 0 Å². The zero-order chi connectivity index (χ0) is 30.0. The van der Waals surface area contributed by atoms with Crippen LogP contribution >= 0.6 is 0 Å². The molecule has 0 spiro atoms. The second-order valence-electron chi connectivity index (χ2n) is 8.60. The first-order chi connectivity index (χ1) is 15.1. The summed E-state index contributed by atoms with van der Waals surface area (Å²) in [6.45, 7) is 2.83. The predicted octanol–water partition coefficient (Wildman–Crippen LogP) is 6.48. The second kappa shape index (κ2) is 8.64. The summed E-state index contributed by atoms with van der Waals surface area (Å²) in [6.07, 6.45) is -11.2. The van der Waals surface area contributed by atoms with E-state index >= 15 is 0 Å². The maximum atomic E-state index is 13.9. The lowest BCUT2D eigenvalue weighted by Crippen LogP contribution is -2.74. The van der Waals surface area contributed by atoms with E-state index in [1.807, 2.05) is 0 Å². The average molecular weight is 578 g/mol. The highest BCUT2D eigenvalue weighted by atomic mass is 19.4. The monoisotopic (exact) mass is 578 g/mol. The lowest BCUT2D eigenvalue weighted by atomic mass is 9.85. The number of esters is 1. The van der Waals surface area contributed by atoms with Gasteiger partial charge in [0.15, 0.2) is 5.60 Å². The molecule has 20 heteroatoms. The Morgan fingerprint density at radius 2 is 0.833 bits per heavy atom. The van der Waals surface area contributed by atoms with Crippen molar-refractivity contribution in [3.05, 3.63) is 0 Å². The topological polar surface area (TPSA) is 46.5 Å². The van der Waals surface area contributed by atoms with Crippen LogP contribution in [0.3, 0.4) is 0 Å². The fourth-order valence-electron chi connectivity index (χ4n) is 2.20. The molecule has 0 bridgehead atoms. The van der Waals surface area contributed by atoms with Crippen molar-refractivity contribution >= 4 is 5.97 Å². The summed E-state index contributed by atoms with van der Waals surface area (Å²) < 4.78 is 229. The highest BCUT2D eigenvalue weighted by molar-refractivity contribution is 5.79. The third kappa shape index (κ3) is 5.14. The molecule has 0 heterocycles. The molecule has 0 rings (SSSR count). The molecule has 0 aliphatic rings. The Morgan fingerprint density at radius 3 is 1.11 bits per heavy atom. The zero-order valence-electron chi connectivity index (χ0n) is 17.9. The van der Waals surface area contributed by atoms with Crippen molar-refractivity contribution in [2.75, 3.05) is 0 Å². The van der Waals surface area contributed by atoms with E-state index in [-0.39, 0.29) is 6.92 Å². The largest absolute Gasteiger partial charge is 0.460 e. The number of halogens is 17. The van der Waals surface area contributed by atoms with Crippen molar-refractivity contribution in [2.24, 2.45) is 0 Å². The molecule has 0 aromatic carbocycles. The van der Waals surface area contributed by atoms with Gasteiger partial charge >= 0.3 is 53.6 Å². The van der Waals surface area contributed by atoms with Crippen LogP contribution in [0.5, 0.6) is 0 Å². The van der Waals surface area contributed by atoms with Crippen molar-refractivity contribution in [3.8, 4) is 0 Å². The Kier molecular flexibility index (Phi) is 8.22. The van der Waals surface area contributed by atoms with E-state index in [4.69, 9.17) is 0 Å². The molecule has 0 saturated carbocycles. The third-order valence-corrected chi connectivity index (χ3v) is 4.19. The van der Waals surface area contributed by atoms with Crippen LogP contribution in [-0.2, 0) is 9.53 Å². The van der Waals surface area contributed by atoms with Gasteiger partial charge < -0.3 is 9.84 Å². The van der Waals surface area contributed by atoms with Crippen LogP contribution in [0.4, 0.5) is 74.6 Å². The quantitative estimate of drug-likeness (QED) is 0.252. The smallest absolute Gasteiger partial charge is 0.458 e. The molecule has 1 N–H and O–H groups in total. The third-order valence-electron chi connectivity index (χ3n) is 4.19. The van der Waals surface area contributed by atoms with E-state index in [1.54, 1.807) is 0 Å². The maximum Gasteiger partial charge on any atom is 0.460 e. The van der Waals surface area contributed by atoms with Crippen molar-refractivity contribution in [1.82, 2.24) is 0 Å². The maximum absolute atomic E-state index is 13.9. The standard InChI is InChI=1S/C16H15F17O3/c1-7(2,3)36-6(34)8(4,35)5-9(17,18)10(19,20)11(21,22)12(23,24)13(25,26)14(27,28)15(29,30)16(31,32)33/h35H,5H2,1-4H3. The van der Waals surface area contributed by atoms with Gasteiger partial charge in [-0.25, -0.2) is 4.79 Å². The Morgan fingerprint density at radius 1 is 0.556 bits per heavy atom. The van der Waals surface area contributed by atoms with Gasteiger partial charge in [-0.05, 0) is 27.7 Å². The molecule has 0 aromatic rings. The van der Waals surface area contributed by atoms with E-state index in [0.717, 1.165) is 20.8 Å². The number of hydrogen-bond acceptors (Lipinski definition) is 3. The summed E-state index contributed by atoms with van der Waals surface area (Å²) in [4.78, 5) is 11.6. The summed E-state index contributed by atoms with van der Waals surface area (Å²) in [5.74, 6) is -60.1. The molecule has 0 aliphatic heterocycles. The molecule has 36 heavy (non-hydrogen) atoms. The highest BCUT2D eigenvalue weighted by Gasteiger charge is 2.95. The van der Waals surface area contributed by atoms with Crippen LogP contribution in [0, 0.1) is 0 Å². The minimum Gasteiger partial charge on any atom is -0.458 e. The van der Waals surface area contributed by atoms with E-state index in [1.165, 1.54) is 0 Å². The first kappa shape index (κ1) is 34.2. The molecule has 1 unspecified atom stereocenters. The number of carbonyl (C=O) groups excluding carboxylic acids is 1. The molecule has 216 valence electrons. The van der Waals surface area contributed by atoms with Gasteiger partial charge in [-0.1, -0.05) is 0 Å². The SMILES string of the molecule is CC(C)(C)OC(=O)C(C)(O)CC(F)(F)C(F)(F)C(F)(F)C(F)(F)C(F)(F)C(F)(F)C(F)(F)C(F)(F)F. The van der Waals surface area contributed by atoms with Crippen LogP contribution < -0.4 is 0 Å². The Hall–Kier alpha value is -1.76. The highest BCUT2D eigenvalue weighted by Crippen LogP contribution is 2.64. The van der Waals surface area contributed by atoms with Crippen molar-refractivity contribution in [3.63, 3.8) is 0 Å². The minimum absolute atomic E-state index is 0.131. The number of ether oxygens (including phenoxy) is 1. The lowest BCUT2D eigenvalue weighted by Gasteiger charge is -2.43. The fourth-order valence-corrected chi connectivity index (χ4v) is 2.20. The number of carbonyl (C=O) groups is 1. The first-order valence-corrected chi connectivity index (χ1v) is 8.76. The van der Waals surface area contributed by atoms with Gasteiger partial charge in [0.05, 0.1) is 6.42 Å². The Balaban J connectivity index is 6.68. The molecular weight excluding hydrogens is 563 g/mol. The van der Waals surface area contributed by atoms with E-state index < -0.39 is 71.2 Å². The molecule has 0 fully saturated rings. The average Bonchev–Trinajstić information content (AvgIpc) is 2.57. The number of rotatable bonds is 9. The van der Waals surface area contributed by atoms with Crippen molar-refractivity contribution in [2.45, 2.75) is 93.0 Å². The summed E-state index contributed by atoms with van der Waals surface area (Å²) in [6, 6.07) is 0. The molecular formula is C16H15F17O3. The summed E-state index contributed by atoms with van der Waals surface area (Å²) in [5, 5.41) is 9.59. The van der Waals surface area contributed by atoms with Gasteiger partial charge in [0.1, 0.15) is 5.60 Å². The van der Waals surface area contributed by atoms with Gasteiger partial charge in [-0.3, -0.25) is 0 Å². The number of hydrogen-bond donors (Lipinski definition) is 1. The molecule has 0 saturated heterocycles. The minimum atomic E-state index is -8.75. The van der Waals surface area contributed by atoms with Gasteiger partial charge in [0.25, 0.3) is 0 Å². The van der Waals surface area contributed by atoms with E-state index in [9.17, 15) is 84.5 Å². The van der Waals surface area contributed by atoms with E-state index in [2.05, 4.69) is 4.74 Å².